The summed E-state index contributed by atoms with van der Waals surface area (Å²) in [7, 11) is 2.47. The molecule has 6 heteroatoms. The van der Waals surface area contributed by atoms with Crippen LogP contribution in [-0.4, -0.2) is 58.4 Å². The molecule has 0 radical (unpaired) electrons. The Morgan fingerprint density at radius 1 is 1.10 bits per heavy atom. The van der Waals surface area contributed by atoms with E-state index in [9.17, 15) is 8.42 Å². The van der Waals surface area contributed by atoms with Gasteiger partial charge in [0.1, 0.15) is 0 Å². The highest BCUT2D eigenvalue weighted by atomic mass is 32.2. The molecule has 0 heterocycles. The largest absolute Gasteiger partial charge is 0.316 e. The molecule has 0 spiro atoms. The molecule has 1 N–H and O–H groups in total. The topological polar surface area (TPSA) is 52.7 Å². The average Bonchev–Trinajstić information content (AvgIpc) is 2.44. The van der Waals surface area contributed by atoms with Crippen molar-refractivity contribution in [1.82, 2.24) is 14.5 Å². The van der Waals surface area contributed by atoms with Gasteiger partial charge in [-0.2, -0.15) is 4.31 Å². The molecule has 1 aromatic rings. The Kier molecular flexibility index (Phi) is 7.31. The number of hydrogen-bond donors (Lipinski definition) is 1. The minimum absolute atomic E-state index is 0.369. The predicted octanol–water partition coefficient (Wildman–Crippen LogP) is 1.37. The second-order valence-corrected chi connectivity index (χ2v) is 7.27. The molecule has 0 bridgehead atoms. The third-order valence-corrected chi connectivity index (χ3v) is 5.30. The van der Waals surface area contributed by atoms with E-state index in [1.165, 1.54) is 0 Å². The standard InChI is InChI=1S/C15H27N3O2S/c1-5-18(12-6-11-17(3)4)21(19,20)15-9-7-14(8-10-15)13-16-2/h7-10,16H,5-6,11-13H2,1-4H3. The number of nitrogens with one attached hydrogen (secondary N) is 1. The SMILES string of the molecule is CCN(CCCN(C)C)S(=O)(=O)c1ccc(CNC)cc1. The van der Waals surface area contributed by atoms with Crippen molar-refractivity contribution >= 4 is 10.0 Å². The Balaban J connectivity index is 2.80. The maximum Gasteiger partial charge on any atom is 0.243 e. The predicted molar refractivity (Wildman–Crippen MR) is 86.8 cm³/mol. The van der Waals surface area contributed by atoms with E-state index in [4.69, 9.17) is 0 Å². The first-order chi connectivity index (χ1) is 9.91. The zero-order chi connectivity index (χ0) is 15.9. The van der Waals surface area contributed by atoms with Crippen molar-refractivity contribution in [1.29, 1.82) is 0 Å². The van der Waals surface area contributed by atoms with Crippen LogP contribution in [0.1, 0.15) is 18.9 Å². The van der Waals surface area contributed by atoms with Crippen LogP contribution in [0.5, 0.6) is 0 Å². The normalized spacial score (nSPS) is 12.3. The van der Waals surface area contributed by atoms with Crippen molar-refractivity contribution in [2.45, 2.75) is 24.8 Å². The Hall–Kier alpha value is -0.950. The highest BCUT2D eigenvalue weighted by Gasteiger charge is 2.22. The van der Waals surface area contributed by atoms with E-state index in [1.807, 2.05) is 40.2 Å². The van der Waals surface area contributed by atoms with Crippen LogP contribution in [-0.2, 0) is 16.6 Å². The van der Waals surface area contributed by atoms with Crippen LogP contribution < -0.4 is 5.32 Å². The van der Waals surface area contributed by atoms with Crippen LogP contribution >= 0.6 is 0 Å². The number of sulfonamides is 1. The summed E-state index contributed by atoms with van der Waals surface area (Å²) in [4.78, 5) is 2.43. The fourth-order valence-electron chi connectivity index (χ4n) is 2.14. The lowest BCUT2D eigenvalue weighted by molar-refractivity contribution is 0.356. The van der Waals surface area contributed by atoms with E-state index in [1.54, 1.807) is 16.4 Å². The third-order valence-electron chi connectivity index (χ3n) is 3.31. The molecule has 0 aliphatic rings. The summed E-state index contributed by atoms with van der Waals surface area (Å²) in [6.07, 6.45) is 0.831. The summed E-state index contributed by atoms with van der Waals surface area (Å²) in [6.45, 7) is 4.54. The molecule has 0 saturated heterocycles. The first kappa shape index (κ1) is 18.1. The van der Waals surface area contributed by atoms with Gasteiger partial charge < -0.3 is 10.2 Å². The van der Waals surface area contributed by atoms with Crippen LogP contribution in [0.15, 0.2) is 29.2 Å². The quantitative estimate of drug-likeness (QED) is 0.748. The number of benzene rings is 1. The summed E-state index contributed by atoms with van der Waals surface area (Å²) in [5.41, 5.74) is 1.08. The molecule has 0 unspecified atom stereocenters. The van der Waals surface area contributed by atoms with E-state index in [0.717, 1.165) is 25.1 Å². The molecule has 1 aromatic carbocycles. The van der Waals surface area contributed by atoms with Gasteiger partial charge in [-0.1, -0.05) is 19.1 Å². The Morgan fingerprint density at radius 2 is 1.71 bits per heavy atom. The summed E-state index contributed by atoms with van der Waals surface area (Å²) >= 11 is 0. The monoisotopic (exact) mass is 313 g/mol. The van der Waals surface area contributed by atoms with Gasteiger partial charge in [0.2, 0.25) is 10.0 Å². The Morgan fingerprint density at radius 3 is 2.19 bits per heavy atom. The van der Waals surface area contributed by atoms with Gasteiger partial charge in [-0.15, -0.1) is 0 Å². The van der Waals surface area contributed by atoms with Gasteiger partial charge in [0.25, 0.3) is 0 Å². The maximum atomic E-state index is 12.6. The van der Waals surface area contributed by atoms with Crippen LogP contribution in [0.4, 0.5) is 0 Å². The molecule has 0 aliphatic carbocycles. The van der Waals surface area contributed by atoms with E-state index >= 15 is 0 Å². The van der Waals surface area contributed by atoms with Crippen LogP contribution in [0.2, 0.25) is 0 Å². The van der Waals surface area contributed by atoms with Gasteiger partial charge in [0.15, 0.2) is 0 Å². The van der Waals surface area contributed by atoms with Crippen LogP contribution in [0.25, 0.3) is 0 Å². The second-order valence-electron chi connectivity index (χ2n) is 5.33. The first-order valence-corrected chi connectivity index (χ1v) is 8.74. The third kappa shape index (κ3) is 5.39. The van der Waals surface area contributed by atoms with Crippen LogP contribution in [0.3, 0.4) is 0 Å². The maximum absolute atomic E-state index is 12.6. The van der Waals surface area contributed by atoms with Crippen molar-refractivity contribution in [3.63, 3.8) is 0 Å². The summed E-state index contributed by atoms with van der Waals surface area (Å²) in [6, 6.07) is 7.10. The number of hydrogen-bond acceptors (Lipinski definition) is 4. The van der Waals surface area contributed by atoms with Gasteiger partial charge in [-0.05, 0) is 51.8 Å². The fraction of sp³-hybridized carbons (Fsp3) is 0.600. The summed E-state index contributed by atoms with van der Waals surface area (Å²) in [5, 5.41) is 3.05. The minimum Gasteiger partial charge on any atom is -0.316 e. The van der Waals surface area contributed by atoms with Crippen LogP contribution in [0, 0.1) is 0 Å². The molecule has 21 heavy (non-hydrogen) atoms. The van der Waals surface area contributed by atoms with Gasteiger partial charge >= 0.3 is 0 Å². The zero-order valence-corrected chi connectivity index (χ0v) is 14.3. The molecule has 120 valence electrons. The van der Waals surface area contributed by atoms with Gasteiger partial charge in [-0.3, -0.25) is 0 Å². The molecule has 0 aromatic heterocycles. The minimum atomic E-state index is -3.39. The van der Waals surface area contributed by atoms with Crippen molar-refractivity contribution < 1.29 is 8.42 Å². The fourth-order valence-corrected chi connectivity index (χ4v) is 3.63. The van der Waals surface area contributed by atoms with Crippen molar-refractivity contribution in [3.05, 3.63) is 29.8 Å². The summed E-state index contributed by atoms with van der Waals surface area (Å²) < 4.78 is 26.8. The van der Waals surface area contributed by atoms with Gasteiger partial charge in [0.05, 0.1) is 4.90 Å². The van der Waals surface area contributed by atoms with Crippen molar-refractivity contribution in [2.24, 2.45) is 0 Å². The first-order valence-electron chi connectivity index (χ1n) is 7.30. The molecule has 0 aliphatic heterocycles. The number of rotatable bonds is 9. The lowest BCUT2D eigenvalue weighted by atomic mass is 10.2. The van der Waals surface area contributed by atoms with E-state index in [-0.39, 0.29) is 0 Å². The molecule has 0 amide bonds. The second kappa shape index (κ2) is 8.48. The van der Waals surface area contributed by atoms with E-state index in [2.05, 4.69) is 10.2 Å². The molecule has 5 nitrogen and oxygen atoms in total. The Labute approximate surface area is 129 Å². The molecule has 0 atom stereocenters. The van der Waals surface area contributed by atoms with Gasteiger partial charge in [-0.25, -0.2) is 8.42 Å². The van der Waals surface area contributed by atoms with Crippen molar-refractivity contribution in [2.75, 3.05) is 40.8 Å². The molecule has 1 rings (SSSR count). The highest BCUT2D eigenvalue weighted by molar-refractivity contribution is 7.89. The summed E-state index contributed by atoms with van der Waals surface area (Å²) in [5.74, 6) is 0. The highest BCUT2D eigenvalue weighted by Crippen LogP contribution is 2.16. The smallest absolute Gasteiger partial charge is 0.243 e. The Bertz CT molecular complexity index is 512. The van der Waals surface area contributed by atoms with Gasteiger partial charge in [0, 0.05) is 19.6 Å². The lowest BCUT2D eigenvalue weighted by Gasteiger charge is -2.21. The number of nitrogens with zero attached hydrogens (tertiary/aromatic N) is 2. The molecule has 0 saturated carbocycles. The van der Waals surface area contributed by atoms with E-state index in [0.29, 0.717) is 18.0 Å². The van der Waals surface area contributed by atoms with E-state index < -0.39 is 10.0 Å². The lowest BCUT2D eigenvalue weighted by Crippen LogP contribution is -2.33. The van der Waals surface area contributed by atoms with Crippen molar-refractivity contribution in [3.8, 4) is 0 Å². The molecular weight excluding hydrogens is 286 g/mol. The molecular formula is C15H27N3O2S. The molecule has 0 fully saturated rings. The average molecular weight is 313 g/mol. The zero-order valence-electron chi connectivity index (χ0n) is 13.5.